The molecule has 0 fully saturated rings. The molecular weight excluding hydrogens is 194 g/mol. The van der Waals surface area contributed by atoms with Crippen molar-refractivity contribution in [1.82, 2.24) is 0 Å². The van der Waals surface area contributed by atoms with Gasteiger partial charge in [0.1, 0.15) is 0 Å². The number of hydrogen-bond donors (Lipinski definition) is 0. The summed E-state index contributed by atoms with van der Waals surface area (Å²) in [5, 5.41) is 2.66. The Morgan fingerprint density at radius 3 is 2.79 bits per heavy atom. The zero-order chi connectivity index (χ0) is 8.67. The van der Waals surface area contributed by atoms with Gasteiger partial charge in [-0.05, 0) is 22.4 Å². The van der Waals surface area contributed by atoms with Gasteiger partial charge in [-0.25, -0.2) is 0 Å². The molecule has 1 heterocycles. The second-order valence-corrected chi connectivity index (χ2v) is 3.30. The Morgan fingerprint density at radius 1 is 1.00 bits per heavy atom. The molecule has 0 amide bonds. The Morgan fingerprint density at radius 2 is 1.86 bits per heavy atom. The molecule has 14 heavy (non-hydrogen) atoms. The number of rotatable bonds is 0. The number of aliphatic imine (C=N–C) groups is 1. The highest BCUT2D eigenvalue weighted by atomic mass is 35.5. The summed E-state index contributed by atoms with van der Waals surface area (Å²) in [6.45, 7) is 0. The Bertz CT molecular complexity index is 503. The number of hydrogen-bond acceptors (Lipinski definition) is 1. The highest BCUT2D eigenvalue weighted by Gasteiger charge is 2.08. The van der Waals surface area contributed by atoms with Crippen LogP contribution in [0.2, 0.25) is 0 Å². The molecule has 0 aromatic heterocycles. The van der Waals surface area contributed by atoms with Gasteiger partial charge in [0.2, 0.25) is 0 Å². The average molecular weight is 204 g/mol. The Hall–Kier alpha value is -1.34. The van der Waals surface area contributed by atoms with E-state index in [4.69, 9.17) is 0 Å². The van der Waals surface area contributed by atoms with Crippen molar-refractivity contribution in [3.63, 3.8) is 0 Å². The molecule has 0 atom stereocenters. The minimum absolute atomic E-state index is 0. The van der Waals surface area contributed by atoms with Gasteiger partial charge in [-0.3, -0.25) is 4.99 Å². The van der Waals surface area contributed by atoms with E-state index in [-0.39, 0.29) is 12.4 Å². The lowest BCUT2D eigenvalue weighted by atomic mass is 10.0. The van der Waals surface area contributed by atoms with Crippen LogP contribution >= 0.6 is 12.4 Å². The largest absolute Gasteiger partial charge is 0.261 e. The summed E-state index contributed by atoms with van der Waals surface area (Å²) >= 11 is 0. The van der Waals surface area contributed by atoms with Crippen LogP contribution in [0.25, 0.3) is 10.8 Å². The van der Waals surface area contributed by atoms with Gasteiger partial charge in [-0.2, -0.15) is 0 Å². The first-order valence-electron chi connectivity index (χ1n) is 4.48. The fourth-order valence-electron chi connectivity index (χ4n) is 1.90. The van der Waals surface area contributed by atoms with Crippen molar-refractivity contribution in [3.05, 3.63) is 42.0 Å². The van der Waals surface area contributed by atoms with Crippen LogP contribution in [0.1, 0.15) is 5.56 Å². The van der Waals surface area contributed by atoms with Crippen LogP contribution in [0.4, 0.5) is 5.69 Å². The molecule has 1 aliphatic rings. The van der Waals surface area contributed by atoms with E-state index < -0.39 is 0 Å². The molecule has 0 N–H and O–H groups in total. The van der Waals surface area contributed by atoms with E-state index in [0.29, 0.717) is 0 Å². The first-order valence-corrected chi connectivity index (χ1v) is 4.48. The minimum Gasteiger partial charge on any atom is -0.261 e. The van der Waals surface area contributed by atoms with Crippen molar-refractivity contribution in [3.8, 4) is 0 Å². The predicted octanol–water partition coefficient (Wildman–Crippen LogP) is 3.52. The topological polar surface area (TPSA) is 12.4 Å². The first kappa shape index (κ1) is 9.22. The van der Waals surface area contributed by atoms with Crippen molar-refractivity contribution in [1.29, 1.82) is 0 Å². The molecule has 1 nitrogen and oxygen atoms in total. The molecule has 0 unspecified atom stereocenters. The fourth-order valence-corrected chi connectivity index (χ4v) is 1.90. The van der Waals surface area contributed by atoms with E-state index in [2.05, 4.69) is 41.4 Å². The number of halogens is 1. The van der Waals surface area contributed by atoms with Crippen LogP contribution in [0.3, 0.4) is 0 Å². The van der Waals surface area contributed by atoms with Gasteiger partial charge >= 0.3 is 0 Å². The zero-order valence-corrected chi connectivity index (χ0v) is 8.42. The Kier molecular flexibility index (Phi) is 2.26. The van der Waals surface area contributed by atoms with Crippen molar-refractivity contribution < 1.29 is 0 Å². The second-order valence-electron chi connectivity index (χ2n) is 3.30. The monoisotopic (exact) mass is 203 g/mol. The number of fused-ring (bicyclic) bond motifs is 3. The Labute approximate surface area is 88.9 Å². The maximum atomic E-state index is 4.32. The summed E-state index contributed by atoms with van der Waals surface area (Å²) in [4.78, 5) is 4.32. The molecule has 70 valence electrons. The minimum atomic E-state index is 0. The lowest BCUT2D eigenvalue weighted by Crippen LogP contribution is -1.82. The maximum Gasteiger partial charge on any atom is 0.0667 e. The van der Waals surface area contributed by atoms with Gasteiger partial charge in [0.15, 0.2) is 0 Å². The predicted molar refractivity (Wildman–Crippen MR) is 63.1 cm³/mol. The van der Waals surface area contributed by atoms with Gasteiger partial charge < -0.3 is 0 Å². The molecule has 2 aromatic carbocycles. The normalized spacial score (nSPS) is 12.6. The number of nitrogens with zero attached hydrogens (tertiary/aromatic N) is 1. The fraction of sp³-hybridized carbons (Fsp3) is 0.0833. The lowest BCUT2D eigenvalue weighted by Gasteiger charge is -2.02. The van der Waals surface area contributed by atoms with Crippen LogP contribution in [0, 0.1) is 0 Å². The van der Waals surface area contributed by atoms with Gasteiger partial charge in [0.25, 0.3) is 0 Å². The molecule has 2 heteroatoms. The van der Waals surface area contributed by atoms with Crippen LogP contribution in [0.5, 0.6) is 0 Å². The molecule has 0 aliphatic carbocycles. The molecule has 3 rings (SSSR count). The van der Waals surface area contributed by atoms with Gasteiger partial charge in [0.05, 0.1) is 5.69 Å². The van der Waals surface area contributed by atoms with Crippen molar-refractivity contribution in [2.45, 2.75) is 6.42 Å². The summed E-state index contributed by atoms with van der Waals surface area (Å²) in [5.74, 6) is 0. The van der Waals surface area contributed by atoms with Gasteiger partial charge in [0, 0.05) is 12.6 Å². The van der Waals surface area contributed by atoms with E-state index in [1.165, 1.54) is 16.3 Å². The molecular formula is C12H10ClN. The molecule has 0 saturated heterocycles. The number of benzene rings is 2. The van der Waals surface area contributed by atoms with Crippen LogP contribution < -0.4 is 0 Å². The van der Waals surface area contributed by atoms with Crippen LogP contribution in [-0.2, 0) is 6.42 Å². The van der Waals surface area contributed by atoms with E-state index in [9.17, 15) is 0 Å². The van der Waals surface area contributed by atoms with Crippen molar-refractivity contribution in [2.24, 2.45) is 4.99 Å². The molecule has 1 aliphatic heterocycles. The summed E-state index contributed by atoms with van der Waals surface area (Å²) < 4.78 is 0. The summed E-state index contributed by atoms with van der Waals surface area (Å²) in [6, 6.07) is 12.7. The SMILES string of the molecule is C1=Nc2ccc3ccccc3c2C1.Cl. The van der Waals surface area contributed by atoms with Crippen LogP contribution in [-0.4, -0.2) is 6.21 Å². The van der Waals surface area contributed by atoms with Gasteiger partial charge in [-0.1, -0.05) is 30.3 Å². The van der Waals surface area contributed by atoms with Crippen LogP contribution in [0.15, 0.2) is 41.4 Å². The summed E-state index contributed by atoms with van der Waals surface area (Å²) in [7, 11) is 0. The zero-order valence-electron chi connectivity index (χ0n) is 7.60. The van der Waals surface area contributed by atoms with Crippen molar-refractivity contribution >= 4 is 35.1 Å². The molecule has 0 spiro atoms. The maximum absolute atomic E-state index is 4.32. The molecule has 0 saturated carbocycles. The Balaban J connectivity index is 0.000000750. The van der Waals surface area contributed by atoms with Gasteiger partial charge in [-0.15, -0.1) is 12.4 Å². The molecule has 0 radical (unpaired) electrons. The average Bonchev–Trinajstić information content (AvgIpc) is 2.65. The standard InChI is InChI=1S/C12H9N.ClH/c1-2-4-10-9(3-1)5-6-12-11(10)7-8-13-12;/h1-6,8H,7H2;1H. The van der Waals surface area contributed by atoms with E-state index in [0.717, 1.165) is 12.1 Å². The summed E-state index contributed by atoms with van der Waals surface area (Å²) in [5.41, 5.74) is 2.51. The van der Waals surface area contributed by atoms with E-state index in [1.807, 2.05) is 6.21 Å². The quantitative estimate of drug-likeness (QED) is 0.621. The summed E-state index contributed by atoms with van der Waals surface area (Å²) in [6.07, 6.45) is 2.97. The third-order valence-corrected chi connectivity index (χ3v) is 2.54. The van der Waals surface area contributed by atoms with E-state index in [1.54, 1.807) is 0 Å². The molecule has 0 bridgehead atoms. The smallest absolute Gasteiger partial charge is 0.0667 e. The third-order valence-electron chi connectivity index (χ3n) is 2.54. The highest BCUT2D eigenvalue weighted by Crippen LogP contribution is 2.31. The lowest BCUT2D eigenvalue weighted by molar-refractivity contribution is 1.46. The highest BCUT2D eigenvalue weighted by molar-refractivity contribution is 5.94. The van der Waals surface area contributed by atoms with E-state index >= 15 is 0 Å². The second kappa shape index (κ2) is 3.43. The molecule has 2 aromatic rings. The third kappa shape index (κ3) is 1.21. The van der Waals surface area contributed by atoms with Crippen molar-refractivity contribution in [2.75, 3.05) is 0 Å². The first-order chi connectivity index (χ1) is 6.45.